The number of nitrogens with zero attached hydrogens (tertiary/aromatic N) is 4. The van der Waals surface area contributed by atoms with E-state index in [0.717, 1.165) is 11.4 Å². The highest BCUT2D eigenvalue weighted by Crippen LogP contribution is 2.28. The number of rotatable bonds is 5. The van der Waals surface area contributed by atoms with Gasteiger partial charge in [0, 0.05) is 12.3 Å². The van der Waals surface area contributed by atoms with E-state index in [2.05, 4.69) is 15.2 Å². The van der Waals surface area contributed by atoms with E-state index in [-0.39, 0.29) is 17.0 Å². The Morgan fingerprint density at radius 3 is 2.50 bits per heavy atom. The first-order valence-electron chi connectivity index (χ1n) is 8.41. The van der Waals surface area contributed by atoms with Crippen LogP contribution in [0.1, 0.15) is 0 Å². The van der Waals surface area contributed by atoms with Gasteiger partial charge in [-0.3, -0.25) is 4.79 Å². The highest BCUT2D eigenvalue weighted by atomic mass is 16.5. The Bertz CT molecular complexity index is 1170. The summed E-state index contributed by atoms with van der Waals surface area (Å²) in [6.07, 6.45) is 1.57. The van der Waals surface area contributed by atoms with Gasteiger partial charge in [0.1, 0.15) is 11.5 Å². The van der Waals surface area contributed by atoms with E-state index in [1.54, 1.807) is 43.3 Å². The van der Waals surface area contributed by atoms with Crippen LogP contribution in [-0.2, 0) is 0 Å². The summed E-state index contributed by atoms with van der Waals surface area (Å²) in [5.74, 6) is 1.68. The van der Waals surface area contributed by atoms with Crippen molar-refractivity contribution in [3.05, 3.63) is 71.0 Å². The molecule has 0 unspecified atom stereocenters. The van der Waals surface area contributed by atoms with E-state index in [0.29, 0.717) is 17.1 Å². The maximum atomic E-state index is 12.3. The molecule has 8 nitrogen and oxygen atoms in total. The largest absolute Gasteiger partial charge is 0.497 e. The topological polar surface area (TPSA) is 92.3 Å². The predicted octanol–water partition coefficient (Wildman–Crippen LogP) is 2.97. The Morgan fingerprint density at radius 2 is 1.75 bits per heavy atom. The summed E-state index contributed by atoms with van der Waals surface area (Å²) in [4.78, 5) is 16.7. The molecule has 4 aromatic rings. The van der Waals surface area contributed by atoms with E-state index in [1.165, 1.54) is 6.07 Å². The number of para-hydroxylation sites is 1. The molecule has 8 heteroatoms. The quantitative estimate of drug-likeness (QED) is 0.529. The van der Waals surface area contributed by atoms with Crippen molar-refractivity contribution < 1.29 is 14.0 Å². The minimum Gasteiger partial charge on any atom is -0.497 e. The molecule has 28 heavy (non-hydrogen) atoms. The van der Waals surface area contributed by atoms with Crippen LogP contribution in [0.15, 0.2) is 70.1 Å². The van der Waals surface area contributed by atoms with Crippen LogP contribution < -0.4 is 14.9 Å². The lowest BCUT2D eigenvalue weighted by atomic mass is 10.2. The second kappa shape index (κ2) is 7.36. The lowest BCUT2D eigenvalue weighted by molar-refractivity contribution is 0.413. The molecule has 2 aromatic heterocycles. The third-order valence-electron chi connectivity index (χ3n) is 4.12. The van der Waals surface area contributed by atoms with Gasteiger partial charge >= 0.3 is 0 Å². The molecular weight excluding hydrogens is 360 g/mol. The molecule has 2 heterocycles. The zero-order valence-electron chi connectivity index (χ0n) is 15.2. The molecule has 0 fully saturated rings. The lowest BCUT2D eigenvalue weighted by Crippen LogP contribution is -2.12. The standard InChI is InChI=1S/C20H16N4O4/c1-26-14-9-7-13(8-10-14)24-12-11-16(25)18(22-24)20-21-19(23-28-20)15-5-3-4-6-17(15)27-2/h3-12H,1-2H3. The Labute approximate surface area is 160 Å². The monoisotopic (exact) mass is 376 g/mol. The highest BCUT2D eigenvalue weighted by molar-refractivity contribution is 5.65. The Kier molecular flexibility index (Phi) is 4.59. The summed E-state index contributed by atoms with van der Waals surface area (Å²) < 4.78 is 17.3. The third kappa shape index (κ3) is 3.23. The average molecular weight is 376 g/mol. The van der Waals surface area contributed by atoms with Gasteiger partial charge in [-0.2, -0.15) is 10.1 Å². The van der Waals surface area contributed by atoms with Crippen molar-refractivity contribution in [1.82, 2.24) is 19.9 Å². The fourth-order valence-corrected chi connectivity index (χ4v) is 2.69. The van der Waals surface area contributed by atoms with Crippen LogP contribution >= 0.6 is 0 Å². The van der Waals surface area contributed by atoms with Crippen molar-refractivity contribution in [3.63, 3.8) is 0 Å². The maximum Gasteiger partial charge on any atom is 0.282 e. The van der Waals surface area contributed by atoms with Crippen LogP contribution in [0.4, 0.5) is 0 Å². The van der Waals surface area contributed by atoms with E-state index < -0.39 is 0 Å². The lowest BCUT2D eigenvalue weighted by Gasteiger charge is -2.06. The molecule has 2 aromatic carbocycles. The number of hydrogen-bond donors (Lipinski definition) is 0. The van der Waals surface area contributed by atoms with Crippen LogP contribution in [-0.4, -0.2) is 34.1 Å². The fourth-order valence-electron chi connectivity index (χ4n) is 2.69. The van der Waals surface area contributed by atoms with Crippen molar-refractivity contribution in [2.75, 3.05) is 14.2 Å². The molecule has 0 aliphatic rings. The van der Waals surface area contributed by atoms with Crippen LogP contribution in [0.2, 0.25) is 0 Å². The van der Waals surface area contributed by atoms with Gasteiger partial charge in [-0.05, 0) is 36.4 Å². The van der Waals surface area contributed by atoms with E-state index in [1.807, 2.05) is 30.3 Å². The van der Waals surface area contributed by atoms with Gasteiger partial charge in [0.25, 0.3) is 5.89 Å². The van der Waals surface area contributed by atoms with Crippen molar-refractivity contribution in [3.8, 4) is 40.2 Å². The molecule has 0 radical (unpaired) electrons. The number of ether oxygens (including phenoxy) is 2. The summed E-state index contributed by atoms with van der Waals surface area (Å²) in [7, 11) is 3.16. The van der Waals surface area contributed by atoms with Crippen LogP contribution in [0, 0.1) is 0 Å². The normalized spacial score (nSPS) is 10.6. The molecule has 4 rings (SSSR count). The highest BCUT2D eigenvalue weighted by Gasteiger charge is 2.18. The number of methoxy groups -OCH3 is 2. The SMILES string of the molecule is COc1ccc(-n2ccc(=O)c(-c3nc(-c4ccccc4OC)no3)n2)cc1. The van der Waals surface area contributed by atoms with E-state index in [9.17, 15) is 4.79 Å². The molecule has 0 aliphatic heterocycles. The fraction of sp³-hybridized carbons (Fsp3) is 0.100. The second-order valence-electron chi connectivity index (χ2n) is 5.79. The zero-order valence-corrected chi connectivity index (χ0v) is 15.2. The Balaban J connectivity index is 1.73. The van der Waals surface area contributed by atoms with Crippen molar-refractivity contribution in [1.29, 1.82) is 0 Å². The smallest absolute Gasteiger partial charge is 0.282 e. The molecule has 0 spiro atoms. The van der Waals surface area contributed by atoms with Gasteiger partial charge in [0.2, 0.25) is 11.3 Å². The molecule has 0 saturated heterocycles. The third-order valence-corrected chi connectivity index (χ3v) is 4.12. The molecule has 0 saturated carbocycles. The summed E-state index contributed by atoms with van der Waals surface area (Å²) in [6.45, 7) is 0. The second-order valence-corrected chi connectivity index (χ2v) is 5.79. The van der Waals surface area contributed by atoms with Gasteiger partial charge in [-0.1, -0.05) is 17.3 Å². The van der Waals surface area contributed by atoms with Gasteiger partial charge in [-0.25, -0.2) is 4.68 Å². The first-order valence-corrected chi connectivity index (χ1v) is 8.41. The van der Waals surface area contributed by atoms with Crippen LogP contribution in [0.3, 0.4) is 0 Å². The number of aromatic nitrogens is 4. The summed E-state index contributed by atoms with van der Waals surface area (Å²) >= 11 is 0. The van der Waals surface area contributed by atoms with E-state index >= 15 is 0 Å². The Morgan fingerprint density at radius 1 is 0.964 bits per heavy atom. The summed E-state index contributed by atoms with van der Waals surface area (Å²) in [5, 5.41) is 8.32. The van der Waals surface area contributed by atoms with Gasteiger partial charge in [0.15, 0.2) is 5.69 Å². The van der Waals surface area contributed by atoms with Gasteiger partial charge in [-0.15, -0.1) is 0 Å². The van der Waals surface area contributed by atoms with Gasteiger partial charge in [0.05, 0.1) is 25.5 Å². The van der Waals surface area contributed by atoms with Crippen molar-refractivity contribution >= 4 is 0 Å². The maximum absolute atomic E-state index is 12.3. The molecule has 0 bridgehead atoms. The van der Waals surface area contributed by atoms with Crippen LogP contribution in [0.25, 0.3) is 28.7 Å². The zero-order chi connectivity index (χ0) is 19.5. The molecule has 0 amide bonds. The molecule has 0 aliphatic carbocycles. The average Bonchev–Trinajstić information content (AvgIpc) is 3.24. The molecule has 0 atom stereocenters. The van der Waals surface area contributed by atoms with Gasteiger partial charge < -0.3 is 14.0 Å². The number of benzene rings is 2. The molecule has 0 N–H and O–H groups in total. The molecular formula is C20H16N4O4. The number of hydrogen-bond acceptors (Lipinski definition) is 7. The van der Waals surface area contributed by atoms with Crippen molar-refractivity contribution in [2.45, 2.75) is 0 Å². The van der Waals surface area contributed by atoms with Crippen molar-refractivity contribution in [2.24, 2.45) is 0 Å². The summed E-state index contributed by atoms with van der Waals surface area (Å²) in [6, 6.07) is 16.0. The minimum absolute atomic E-state index is 0.0359. The first-order chi connectivity index (χ1) is 13.7. The minimum atomic E-state index is -0.319. The summed E-state index contributed by atoms with van der Waals surface area (Å²) in [5.41, 5.74) is 1.16. The Hall–Kier alpha value is -3.94. The van der Waals surface area contributed by atoms with E-state index in [4.69, 9.17) is 14.0 Å². The molecule has 140 valence electrons. The predicted molar refractivity (Wildman–Crippen MR) is 102 cm³/mol. The first kappa shape index (κ1) is 17.5. The van der Waals surface area contributed by atoms with Crippen LogP contribution in [0.5, 0.6) is 11.5 Å².